The Labute approximate surface area is 199 Å². The zero-order valence-corrected chi connectivity index (χ0v) is 20.1. The Morgan fingerprint density at radius 3 is 2.47 bits per heavy atom. The topological polar surface area (TPSA) is 98.1 Å². The highest BCUT2D eigenvalue weighted by atomic mass is 16.5. The summed E-state index contributed by atoms with van der Waals surface area (Å²) in [6, 6.07) is 15.2. The van der Waals surface area contributed by atoms with Crippen LogP contribution in [0.5, 0.6) is 5.75 Å². The minimum atomic E-state index is -0.255. The fraction of sp³-hybridized carbons (Fsp3) is 0.385. The number of hydrogen-bond acceptors (Lipinski definition) is 5. The molecule has 1 saturated carbocycles. The Kier molecular flexibility index (Phi) is 6.68. The third-order valence-electron chi connectivity index (χ3n) is 5.68. The van der Waals surface area contributed by atoms with Gasteiger partial charge in [0.25, 0.3) is 11.8 Å². The number of nitrogens with zero attached hydrogens (tertiary/aromatic N) is 3. The summed E-state index contributed by atoms with van der Waals surface area (Å²) in [5.74, 6) is 0.314. The molecule has 1 aliphatic rings. The number of aromatic nitrogens is 3. The van der Waals surface area contributed by atoms with Crippen molar-refractivity contribution in [3.05, 3.63) is 71.0 Å². The molecule has 8 heteroatoms. The van der Waals surface area contributed by atoms with Gasteiger partial charge >= 0.3 is 0 Å². The second kappa shape index (κ2) is 9.67. The van der Waals surface area contributed by atoms with Crippen LogP contribution < -0.4 is 15.4 Å². The lowest BCUT2D eigenvalue weighted by atomic mass is 9.87. The summed E-state index contributed by atoms with van der Waals surface area (Å²) in [7, 11) is 0. The van der Waals surface area contributed by atoms with E-state index in [0.717, 1.165) is 18.4 Å². The standard InChI is InChI=1S/C26H31N5O3/c1-5-27-24(32)17-9-13-20(14-10-17)31-22(23(29-30-31)25(33)28-19-11-12-19)16-34-21-8-6-7-18(15-21)26(2,3)4/h6-10,13-15,19H,5,11-12,16H2,1-4H3,(H,27,32)(H,28,33). The molecule has 8 nitrogen and oxygen atoms in total. The van der Waals surface area contributed by atoms with Crippen LogP contribution in [-0.4, -0.2) is 39.4 Å². The smallest absolute Gasteiger partial charge is 0.274 e. The predicted molar refractivity (Wildman–Crippen MR) is 129 cm³/mol. The predicted octanol–water partition coefficient (Wildman–Crippen LogP) is 3.79. The fourth-order valence-electron chi connectivity index (χ4n) is 3.52. The van der Waals surface area contributed by atoms with Crippen LogP contribution in [-0.2, 0) is 12.0 Å². The lowest BCUT2D eigenvalue weighted by Crippen LogP contribution is -2.27. The lowest BCUT2D eigenvalue weighted by Gasteiger charge is -2.20. The van der Waals surface area contributed by atoms with Crippen molar-refractivity contribution < 1.29 is 14.3 Å². The van der Waals surface area contributed by atoms with Gasteiger partial charge in [0.15, 0.2) is 5.69 Å². The molecule has 0 saturated heterocycles. The van der Waals surface area contributed by atoms with Crippen molar-refractivity contribution in [2.45, 2.75) is 58.6 Å². The number of amides is 2. The highest BCUT2D eigenvalue weighted by Gasteiger charge is 2.28. The number of carbonyl (C=O) groups excluding carboxylic acids is 2. The molecule has 2 N–H and O–H groups in total. The Morgan fingerprint density at radius 2 is 1.82 bits per heavy atom. The molecule has 34 heavy (non-hydrogen) atoms. The molecule has 1 aliphatic carbocycles. The first kappa shape index (κ1) is 23.5. The molecule has 2 amide bonds. The molecule has 0 aliphatic heterocycles. The van der Waals surface area contributed by atoms with Crippen molar-refractivity contribution in [3.8, 4) is 11.4 Å². The summed E-state index contributed by atoms with van der Waals surface area (Å²) in [4.78, 5) is 24.9. The molecule has 3 aromatic rings. The summed E-state index contributed by atoms with van der Waals surface area (Å²) >= 11 is 0. The Morgan fingerprint density at radius 1 is 1.09 bits per heavy atom. The molecule has 0 unspecified atom stereocenters. The number of carbonyl (C=O) groups is 2. The van der Waals surface area contributed by atoms with Gasteiger partial charge in [0.05, 0.1) is 5.69 Å². The SMILES string of the molecule is CCNC(=O)c1ccc(-n2nnc(C(=O)NC3CC3)c2COc2cccc(C(C)(C)C)c2)cc1. The van der Waals surface area contributed by atoms with Crippen LogP contribution in [0.4, 0.5) is 0 Å². The van der Waals surface area contributed by atoms with Gasteiger partial charge in [0, 0.05) is 18.2 Å². The van der Waals surface area contributed by atoms with Crippen LogP contribution >= 0.6 is 0 Å². The van der Waals surface area contributed by atoms with Crippen LogP contribution in [0, 0.1) is 0 Å². The normalized spacial score (nSPS) is 13.4. The van der Waals surface area contributed by atoms with Crippen LogP contribution in [0.2, 0.25) is 0 Å². The van der Waals surface area contributed by atoms with E-state index >= 15 is 0 Å². The van der Waals surface area contributed by atoms with Gasteiger partial charge in [-0.25, -0.2) is 4.68 Å². The largest absolute Gasteiger partial charge is 0.487 e. The van der Waals surface area contributed by atoms with Gasteiger partial charge in [-0.2, -0.15) is 0 Å². The summed E-state index contributed by atoms with van der Waals surface area (Å²) in [5.41, 5.74) is 3.17. The molecule has 0 bridgehead atoms. The first-order valence-corrected chi connectivity index (χ1v) is 11.6. The second-order valence-electron chi connectivity index (χ2n) is 9.52. The number of rotatable bonds is 8. The van der Waals surface area contributed by atoms with Crippen molar-refractivity contribution in [1.29, 1.82) is 0 Å². The Balaban J connectivity index is 1.62. The maximum atomic E-state index is 12.8. The molecule has 0 atom stereocenters. The number of benzene rings is 2. The van der Waals surface area contributed by atoms with Gasteiger partial charge in [-0.05, 0) is 67.1 Å². The minimum Gasteiger partial charge on any atom is -0.487 e. The van der Waals surface area contributed by atoms with E-state index in [9.17, 15) is 9.59 Å². The summed E-state index contributed by atoms with van der Waals surface area (Å²) < 4.78 is 7.70. The van der Waals surface area contributed by atoms with Crippen LogP contribution in [0.3, 0.4) is 0 Å². The van der Waals surface area contributed by atoms with Gasteiger partial charge in [0.1, 0.15) is 18.1 Å². The van der Waals surface area contributed by atoms with E-state index < -0.39 is 0 Å². The minimum absolute atomic E-state index is 0.0101. The first-order chi connectivity index (χ1) is 16.3. The van der Waals surface area contributed by atoms with Crippen molar-refractivity contribution >= 4 is 11.8 Å². The van der Waals surface area contributed by atoms with Crippen molar-refractivity contribution in [3.63, 3.8) is 0 Å². The Hall–Kier alpha value is -3.68. The average Bonchev–Trinajstić information content (AvgIpc) is 3.52. The van der Waals surface area contributed by atoms with Crippen molar-refractivity contribution in [1.82, 2.24) is 25.6 Å². The number of hydrogen-bond donors (Lipinski definition) is 2. The molecule has 0 spiro atoms. The molecule has 2 aromatic carbocycles. The quantitative estimate of drug-likeness (QED) is 0.532. The van der Waals surface area contributed by atoms with Crippen molar-refractivity contribution in [2.24, 2.45) is 0 Å². The zero-order chi connectivity index (χ0) is 24.3. The summed E-state index contributed by atoms with van der Waals surface area (Å²) in [6.45, 7) is 8.99. The Bertz CT molecular complexity index is 1170. The lowest BCUT2D eigenvalue weighted by molar-refractivity contribution is 0.0939. The van der Waals surface area contributed by atoms with E-state index in [1.807, 2.05) is 25.1 Å². The van der Waals surface area contributed by atoms with Crippen molar-refractivity contribution in [2.75, 3.05) is 6.54 Å². The second-order valence-corrected chi connectivity index (χ2v) is 9.52. The summed E-state index contributed by atoms with van der Waals surface area (Å²) in [5, 5.41) is 14.2. The number of nitrogens with one attached hydrogen (secondary N) is 2. The number of ether oxygens (including phenoxy) is 1. The van der Waals surface area contributed by atoms with Gasteiger partial charge < -0.3 is 15.4 Å². The molecule has 1 aromatic heterocycles. The zero-order valence-electron chi connectivity index (χ0n) is 20.1. The third-order valence-corrected chi connectivity index (χ3v) is 5.68. The maximum Gasteiger partial charge on any atom is 0.274 e. The first-order valence-electron chi connectivity index (χ1n) is 11.6. The van der Waals surface area contributed by atoms with E-state index in [-0.39, 0.29) is 35.6 Å². The maximum absolute atomic E-state index is 12.8. The van der Waals surface area contributed by atoms with Gasteiger partial charge in [-0.15, -0.1) is 5.10 Å². The van der Waals surface area contributed by atoms with Gasteiger partial charge in [-0.1, -0.05) is 38.1 Å². The third kappa shape index (κ3) is 5.44. The molecule has 0 radical (unpaired) electrons. The molecule has 1 heterocycles. The van der Waals surface area contributed by atoms with E-state index in [2.05, 4.69) is 47.8 Å². The molecular formula is C26H31N5O3. The van der Waals surface area contributed by atoms with Crippen LogP contribution in [0.25, 0.3) is 5.69 Å². The van der Waals surface area contributed by atoms with E-state index in [4.69, 9.17) is 4.74 Å². The highest BCUT2D eigenvalue weighted by Crippen LogP contribution is 2.27. The summed E-state index contributed by atoms with van der Waals surface area (Å²) in [6.07, 6.45) is 1.96. The van der Waals surface area contributed by atoms with Crippen LogP contribution in [0.1, 0.15) is 72.6 Å². The van der Waals surface area contributed by atoms with Gasteiger partial charge in [0.2, 0.25) is 0 Å². The molecular weight excluding hydrogens is 430 g/mol. The van der Waals surface area contributed by atoms with E-state index in [1.165, 1.54) is 0 Å². The fourth-order valence-corrected chi connectivity index (χ4v) is 3.52. The molecule has 4 rings (SSSR count). The molecule has 1 fully saturated rings. The molecule has 178 valence electrons. The van der Waals surface area contributed by atoms with Crippen LogP contribution in [0.15, 0.2) is 48.5 Å². The van der Waals surface area contributed by atoms with E-state index in [1.54, 1.807) is 28.9 Å². The van der Waals surface area contributed by atoms with E-state index in [0.29, 0.717) is 29.2 Å². The highest BCUT2D eigenvalue weighted by molar-refractivity contribution is 5.94. The average molecular weight is 462 g/mol. The monoisotopic (exact) mass is 461 g/mol. The van der Waals surface area contributed by atoms with Gasteiger partial charge in [-0.3, -0.25) is 9.59 Å².